The molecule has 0 aliphatic heterocycles. The zero-order valence-electron chi connectivity index (χ0n) is 11.9. The van der Waals surface area contributed by atoms with E-state index in [1.54, 1.807) is 7.11 Å². The molecule has 3 rings (SSSR count). The fraction of sp³-hybridized carbons (Fsp3) is 0.562. The molecular formula is C16H22N2O2. The number of carbonyl (C=O) groups is 1. The average molecular weight is 274 g/mol. The largest absolute Gasteiger partial charge is 0.497 e. The van der Waals surface area contributed by atoms with E-state index in [2.05, 4.69) is 22.8 Å². The van der Waals surface area contributed by atoms with E-state index in [0.29, 0.717) is 12.6 Å². The molecule has 0 radical (unpaired) electrons. The monoisotopic (exact) mass is 274 g/mol. The van der Waals surface area contributed by atoms with Crippen molar-refractivity contribution in [1.82, 2.24) is 10.6 Å². The molecule has 1 saturated carbocycles. The number of hydrogen-bond donors (Lipinski definition) is 2. The van der Waals surface area contributed by atoms with Crippen LogP contribution in [-0.4, -0.2) is 25.6 Å². The first kappa shape index (κ1) is 13.4. The van der Waals surface area contributed by atoms with Gasteiger partial charge in [0.2, 0.25) is 5.91 Å². The van der Waals surface area contributed by atoms with Gasteiger partial charge < -0.3 is 15.4 Å². The van der Waals surface area contributed by atoms with Gasteiger partial charge in [0.25, 0.3) is 0 Å². The highest BCUT2D eigenvalue weighted by molar-refractivity contribution is 5.78. The van der Waals surface area contributed by atoms with Gasteiger partial charge in [0, 0.05) is 12.1 Å². The number of amides is 1. The number of ether oxygens (including phenoxy) is 1. The van der Waals surface area contributed by atoms with Crippen LogP contribution in [0.3, 0.4) is 0 Å². The maximum absolute atomic E-state index is 11.8. The summed E-state index contributed by atoms with van der Waals surface area (Å²) in [5.74, 6) is 1.00. The van der Waals surface area contributed by atoms with Crippen LogP contribution in [0.25, 0.3) is 0 Å². The number of fused-ring (bicyclic) bond motifs is 1. The molecular weight excluding hydrogens is 252 g/mol. The third-order valence-corrected chi connectivity index (χ3v) is 4.12. The van der Waals surface area contributed by atoms with Gasteiger partial charge in [0.15, 0.2) is 0 Å². The number of methoxy groups -OCH3 is 1. The molecule has 0 saturated heterocycles. The number of nitrogens with one attached hydrogen (secondary N) is 2. The molecule has 1 unspecified atom stereocenters. The molecule has 20 heavy (non-hydrogen) atoms. The summed E-state index contributed by atoms with van der Waals surface area (Å²) in [4.78, 5) is 11.8. The summed E-state index contributed by atoms with van der Waals surface area (Å²) >= 11 is 0. The number of carbonyl (C=O) groups excluding carboxylic acids is 1. The lowest BCUT2D eigenvalue weighted by molar-refractivity contribution is -0.120. The van der Waals surface area contributed by atoms with E-state index in [0.717, 1.165) is 31.4 Å². The highest BCUT2D eigenvalue weighted by atomic mass is 16.5. The SMILES string of the molecule is COc1ccc2c(c1)C(NCC(=O)NC1CC1)CCC2. The Morgan fingerprint density at radius 1 is 1.35 bits per heavy atom. The molecule has 1 fully saturated rings. The predicted octanol–water partition coefficient (Wildman–Crippen LogP) is 1.94. The lowest BCUT2D eigenvalue weighted by Gasteiger charge is -2.26. The van der Waals surface area contributed by atoms with Gasteiger partial charge in [-0.05, 0) is 55.4 Å². The maximum atomic E-state index is 11.8. The van der Waals surface area contributed by atoms with Crippen LogP contribution in [-0.2, 0) is 11.2 Å². The molecule has 0 spiro atoms. The Morgan fingerprint density at radius 3 is 2.95 bits per heavy atom. The minimum absolute atomic E-state index is 0.113. The zero-order valence-corrected chi connectivity index (χ0v) is 11.9. The van der Waals surface area contributed by atoms with Crippen LogP contribution >= 0.6 is 0 Å². The van der Waals surface area contributed by atoms with Gasteiger partial charge in [-0.3, -0.25) is 4.79 Å². The van der Waals surface area contributed by atoms with Crippen LogP contribution in [0.2, 0.25) is 0 Å². The number of aryl methyl sites for hydroxylation is 1. The van der Waals surface area contributed by atoms with Crippen molar-refractivity contribution in [2.75, 3.05) is 13.7 Å². The van der Waals surface area contributed by atoms with Crippen LogP contribution in [0.1, 0.15) is 42.9 Å². The summed E-state index contributed by atoms with van der Waals surface area (Å²) < 4.78 is 5.31. The van der Waals surface area contributed by atoms with Gasteiger partial charge >= 0.3 is 0 Å². The van der Waals surface area contributed by atoms with Crippen LogP contribution < -0.4 is 15.4 Å². The lowest BCUT2D eigenvalue weighted by atomic mass is 9.87. The summed E-state index contributed by atoms with van der Waals surface area (Å²) in [7, 11) is 1.69. The Labute approximate surface area is 119 Å². The Morgan fingerprint density at radius 2 is 2.20 bits per heavy atom. The van der Waals surface area contributed by atoms with Crippen LogP contribution in [0.15, 0.2) is 18.2 Å². The van der Waals surface area contributed by atoms with Crippen molar-refractivity contribution in [3.05, 3.63) is 29.3 Å². The van der Waals surface area contributed by atoms with Crippen molar-refractivity contribution in [3.63, 3.8) is 0 Å². The van der Waals surface area contributed by atoms with E-state index in [-0.39, 0.29) is 11.9 Å². The fourth-order valence-corrected chi connectivity index (χ4v) is 2.84. The first-order valence-corrected chi connectivity index (χ1v) is 7.46. The van der Waals surface area contributed by atoms with Gasteiger partial charge in [-0.1, -0.05) is 6.07 Å². The first-order valence-electron chi connectivity index (χ1n) is 7.46. The molecule has 0 aromatic heterocycles. The maximum Gasteiger partial charge on any atom is 0.234 e. The molecule has 0 bridgehead atoms. The predicted molar refractivity (Wildman–Crippen MR) is 77.8 cm³/mol. The number of hydrogen-bond acceptors (Lipinski definition) is 3. The summed E-state index contributed by atoms with van der Waals surface area (Å²) in [6.07, 6.45) is 5.63. The molecule has 4 heteroatoms. The molecule has 4 nitrogen and oxygen atoms in total. The summed E-state index contributed by atoms with van der Waals surface area (Å²) in [6, 6.07) is 6.96. The second-order valence-electron chi connectivity index (χ2n) is 5.73. The van der Waals surface area contributed by atoms with E-state index in [9.17, 15) is 4.79 Å². The van der Waals surface area contributed by atoms with Crippen molar-refractivity contribution in [3.8, 4) is 5.75 Å². The highest BCUT2D eigenvalue weighted by Crippen LogP contribution is 2.32. The Kier molecular flexibility index (Phi) is 3.92. The van der Waals surface area contributed by atoms with E-state index in [1.807, 2.05) is 6.07 Å². The van der Waals surface area contributed by atoms with E-state index < -0.39 is 0 Å². The van der Waals surface area contributed by atoms with E-state index >= 15 is 0 Å². The van der Waals surface area contributed by atoms with Crippen LogP contribution in [0.5, 0.6) is 5.75 Å². The lowest BCUT2D eigenvalue weighted by Crippen LogP contribution is -2.37. The second kappa shape index (κ2) is 5.83. The number of rotatable bonds is 5. The normalized spacial score (nSPS) is 21.1. The Balaban J connectivity index is 1.64. The Bertz CT molecular complexity index is 497. The molecule has 2 N–H and O–H groups in total. The van der Waals surface area contributed by atoms with Crippen molar-refractivity contribution in [2.24, 2.45) is 0 Å². The van der Waals surface area contributed by atoms with Gasteiger partial charge in [0.05, 0.1) is 13.7 Å². The van der Waals surface area contributed by atoms with Gasteiger partial charge in [-0.2, -0.15) is 0 Å². The van der Waals surface area contributed by atoms with Crippen molar-refractivity contribution < 1.29 is 9.53 Å². The molecule has 0 heterocycles. The molecule has 108 valence electrons. The van der Waals surface area contributed by atoms with Crippen molar-refractivity contribution in [2.45, 2.75) is 44.2 Å². The molecule has 1 atom stereocenters. The molecule has 1 amide bonds. The van der Waals surface area contributed by atoms with Gasteiger partial charge in [-0.25, -0.2) is 0 Å². The zero-order chi connectivity index (χ0) is 13.9. The highest BCUT2D eigenvalue weighted by Gasteiger charge is 2.24. The van der Waals surface area contributed by atoms with E-state index in [1.165, 1.54) is 17.5 Å². The van der Waals surface area contributed by atoms with Crippen molar-refractivity contribution >= 4 is 5.91 Å². The molecule has 2 aliphatic rings. The average Bonchev–Trinajstić information content (AvgIpc) is 3.28. The fourth-order valence-electron chi connectivity index (χ4n) is 2.84. The van der Waals surface area contributed by atoms with E-state index in [4.69, 9.17) is 4.74 Å². The quantitative estimate of drug-likeness (QED) is 0.862. The molecule has 1 aromatic carbocycles. The third-order valence-electron chi connectivity index (χ3n) is 4.12. The smallest absolute Gasteiger partial charge is 0.234 e. The molecule has 2 aliphatic carbocycles. The summed E-state index contributed by atoms with van der Waals surface area (Å²) in [5, 5.41) is 6.41. The first-order chi connectivity index (χ1) is 9.76. The molecule has 1 aromatic rings. The minimum atomic E-state index is 0.113. The Hall–Kier alpha value is -1.55. The summed E-state index contributed by atoms with van der Waals surface area (Å²) in [5.41, 5.74) is 2.66. The van der Waals surface area contributed by atoms with Crippen molar-refractivity contribution in [1.29, 1.82) is 0 Å². The van der Waals surface area contributed by atoms with Crippen LogP contribution in [0.4, 0.5) is 0 Å². The second-order valence-corrected chi connectivity index (χ2v) is 5.73. The summed E-state index contributed by atoms with van der Waals surface area (Å²) in [6.45, 7) is 0.401. The van der Waals surface area contributed by atoms with Gasteiger partial charge in [0.1, 0.15) is 5.75 Å². The van der Waals surface area contributed by atoms with Gasteiger partial charge in [-0.15, -0.1) is 0 Å². The standard InChI is InChI=1S/C16H22N2O2/c1-20-13-8-5-11-3-2-4-15(14(11)9-13)17-10-16(19)18-12-6-7-12/h5,8-9,12,15,17H,2-4,6-7,10H2,1H3,(H,18,19). The topological polar surface area (TPSA) is 50.4 Å². The number of benzene rings is 1. The minimum Gasteiger partial charge on any atom is -0.497 e. The third kappa shape index (κ3) is 3.12. The van der Waals surface area contributed by atoms with Crippen LogP contribution in [0, 0.1) is 0 Å².